The Kier molecular flexibility index (Phi) is 8.49. The molecular weight excluding hydrogens is 340 g/mol. The lowest BCUT2D eigenvalue weighted by Gasteiger charge is -2.38. The average molecular weight is 383 g/mol. The molecule has 2 aliphatic carbocycles. The molecule has 0 bridgehead atoms. The molecule has 28 heavy (non-hydrogen) atoms. The van der Waals surface area contributed by atoms with E-state index in [-0.39, 0.29) is 0 Å². The Morgan fingerprint density at radius 1 is 0.929 bits per heavy atom. The largest absolute Gasteiger partial charge is 0.494 e. The SMILES string of the molecule is CCCC1(CCC(CC2=CCCCC2)c2ccc(OCC)cc2)CCCCC1. The van der Waals surface area contributed by atoms with Crippen LogP contribution >= 0.6 is 0 Å². The molecule has 1 atom stereocenters. The van der Waals surface area contributed by atoms with Crippen LogP contribution < -0.4 is 4.74 Å². The van der Waals surface area contributed by atoms with E-state index in [2.05, 4.69) is 44.2 Å². The van der Waals surface area contributed by atoms with Gasteiger partial charge in [0.05, 0.1) is 6.61 Å². The summed E-state index contributed by atoms with van der Waals surface area (Å²) in [5, 5.41) is 0. The van der Waals surface area contributed by atoms with Gasteiger partial charge in [-0.2, -0.15) is 0 Å². The quantitative estimate of drug-likeness (QED) is 0.368. The van der Waals surface area contributed by atoms with Gasteiger partial charge in [0.25, 0.3) is 0 Å². The van der Waals surface area contributed by atoms with Gasteiger partial charge in [0.15, 0.2) is 0 Å². The number of hydrogen-bond donors (Lipinski definition) is 0. The van der Waals surface area contributed by atoms with Gasteiger partial charge in [0, 0.05) is 0 Å². The van der Waals surface area contributed by atoms with Crippen molar-refractivity contribution in [2.45, 2.75) is 110 Å². The Labute approximate surface area is 174 Å². The van der Waals surface area contributed by atoms with Crippen molar-refractivity contribution in [2.24, 2.45) is 5.41 Å². The number of ether oxygens (including phenoxy) is 1. The Balaban J connectivity index is 1.72. The highest BCUT2D eigenvalue weighted by Gasteiger charge is 2.31. The number of hydrogen-bond acceptors (Lipinski definition) is 1. The molecule has 156 valence electrons. The van der Waals surface area contributed by atoms with Gasteiger partial charge < -0.3 is 4.74 Å². The highest BCUT2D eigenvalue weighted by Crippen LogP contribution is 2.46. The Bertz CT molecular complexity index is 586. The maximum absolute atomic E-state index is 5.68. The van der Waals surface area contributed by atoms with E-state index in [1.54, 1.807) is 5.57 Å². The zero-order chi connectivity index (χ0) is 19.7. The third-order valence-electron chi connectivity index (χ3n) is 7.27. The maximum Gasteiger partial charge on any atom is 0.119 e. The van der Waals surface area contributed by atoms with E-state index in [0.717, 1.165) is 12.4 Å². The Morgan fingerprint density at radius 2 is 1.71 bits per heavy atom. The van der Waals surface area contributed by atoms with Crippen LogP contribution in [0.2, 0.25) is 0 Å². The van der Waals surface area contributed by atoms with Crippen LogP contribution in [0, 0.1) is 5.41 Å². The first-order valence-electron chi connectivity index (χ1n) is 12.2. The topological polar surface area (TPSA) is 9.23 Å². The fourth-order valence-corrected chi connectivity index (χ4v) is 5.73. The van der Waals surface area contributed by atoms with E-state index >= 15 is 0 Å². The van der Waals surface area contributed by atoms with E-state index in [4.69, 9.17) is 4.74 Å². The van der Waals surface area contributed by atoms with Gasteiger partial charge in [0.1, 0.15) is 5.75 Å². The first-order chi connectivity index (χ1) is 13.7. The first-order valence-corrected chi connectivity index (χ1v) is 12.2. The van der Waals surface area contributed by atoms with Crippen molar-refractivity contribution in [3.63, 3.8) is 0 Å². The predicted octanol–water partition coefficient (Wildman–Crippen LogP) is 8.59. The standard InChI is InChI=1S/C27H42O/c1-3-18-27(19-9-6-10-20-27)21-17-25(22-23-11-7-5-8-12-23)24-13-15-26(16-14-24)28-4-2/h11,13-16,25H,3-10,12,17-22H2,1-2H3. The van der Waals surface area contributed by atoms with Crippen LogP contribution in [0.25, 0.3) is 0 Å². The fourth-order valence-electron chi connectivity index (χ4n) is 5.73. The first kappa shape index (κ1) is 21.5. The normalized spacial score (nSPS) is 20.4. The van der Waals surface area contributed by atoms with Gasteiger partial charge >= 0.3 is 0 Å². The third kappa shape index (κ3) is 6.13. The molecule has 1 aromatic rings. The predicted molar refractivity (Wildman–Crippen MR) is 121 cm³/mol. The van der Waals surface area contributed by atoms with Crippen LogP contribution in [0.15, 0.2) is 35.9 Å². The van der Waals surface area contributed by atoms with E-state index in [0.29, 0.717) is 11.3 Å². The molecule has 1 fully saturated rings. The molecule has 0 radical (unpaired) electrons. The molecule has 0 heterocycles. The van der Waals surface area contributed by atoms with Crippen LogP contribution in [-0.4, -0.2) is 6.61 Å². The van der Waals surface area contributed by atoms with E-state index in [9.17, 15) is 0 Å². The Morgan fingerprint density at radius 3 is 2.36 bits per heavy atom. The summed E-state index contributed by atoms with van der Waals surface area (Å²) in [5.41, 5.74) is 3.88. The van der Waals surface area contributed by atoms with Crippen LogP contribution in [0.4, 0.5) is 0 Å². The molecule has 1 aromatic carbocycles. The van der Waals surface area contributed by atoms with Gasteiger partial charge in [-0.3, -0.25) is 0 Å². The van der Waals surface area contributed by atoms with Crippen molar-refractivity contribution in [1.29, 1.82) is 0 Å². The van der Waals surface area contributed by atoms with Crippen LogP contribution in [0.5, 0.6) is 5.75 Å². The molecule has 0 aliphatic heterocycles. The van der Waals surface area contributed by atoms with Crippen LogP contribution in [0.1, 0.15) is 115 Å². The summed E-state index contributed by atoms with van der Waals surface area (Å²) in [7, 11) is 0. The smallest absolute Gasteiger partial charge is 0.119 e. The zero-order valence-corrected chi connectivity index (χ0v) is 18.5. The minimum atomic E-state index is 0.636. The van der Waals surface area contributed by atoms with Crippen LogP contribution in [0.3, 0.4) is 0 Å². The second kappa shape index (κ2) is 11.1. The van der Waals surface area contributed by atoms with Crippen molar-refractivity contribution in [1.82, 2.24) is 0 Å². The molecule has 0 aromatic heterocycles. The lowest BCUT2D eigenvalue weighted by atomic mass is 9.67. The van der Waals surface area contributed by atoms with Gasteiger partial charge in [-0.05, 0) is 100 Å². The number of rotatable bonds is 10. The molecule has 0 N–H and O–H groups in total. The van der Waals surface area contributed by atoms with Crippen molar-refractivity contribution < 1.29 is 4.74 Å². The number of allylic oxidation sites excluding steroid dienone is 2. The van der Waals surface area contributed by atoms with Crippen molar-refractivity contribution >= 4 is 0 Å². The summed E-state index contributed by atoms with van der Waals surface area (Å²) in [5.74, 6) is 1.69. The molecule has 2 aliphatic rings. The minimum absolute atomic E-state index is 0.636. The summed E-state index contributed by atoms with van der Waals surface area (Å²) in [6.45, 7) is 5.19. The maximum atomic E-state index is 5.68. The number of benzene rings is 1. The molecule has 0 saturated heterocycles. The summed E-state index contributed by atoms with van der Waals surface area (Å²) >= 11 is 0. The summed E-state index contributed by atoms with van der Waals surface area (Å²) in [6.07, 6.45) is 22.1. The molecular formula is C27H42O. The highest BCUT2D eigenvalue weighted by molar-refractivity contribution is 5.30. The Hall–Kier alpha value is -1.24. The molecule has 1 unspecified atom stereocenters. The molecule has 1 nitrogen and oxygen atoms in total. The van der Waals surface area contributed by atoms with E-state index in [1.807, 2.05) is 0 Å². The fraction of sp³-hybridized carbons (Fsp3) is 0.704. The average Bonchev–Trinajstić information content (AvgIpc) is 2.74. The van der Waals surface area contributed by atoms with Gasteiger partial charge in [-0.25, -0.2) is 0 Å². The van der Waals surface area contributed by atoms with Crippen LogP contribution in [-0.2, 0) is 0 Å². The summed E-state index contributed by atoms with van der Waals surface area (Å²) < 4.78 is 5.68. The third-order valence-corrected chi connectivity index (χ3v) is 7.27. The lowest BCUT2D eigenvalue weighted by molar-refractivity contribution is 0.147. The highest BCUT2D eigenvalue weighted by atomic mass is 16.5. The molecule has 3 rings (SSSR count). The monoisotopic (exact) mass is 382 g/mol. The second-order valence-electron chi connectivity index (χ2n) is 9.36. The lowest BCUT2D eigenvalue weighted by Crippen LogP contribution is -2.25. The molecule has 0 spiro atoms. The van der Waals surface area contributed by atoms with E-state index < -0.39 is 0 Å². The second-order valence-corrected chi connectivity index (χ2v) is 9.36. The summed E-state index contributed by atoms with van der Waals surface area (Å²) in [4.78, 5) is 0. The van der Waals surface area contributed by atoms with Crippen molar-refractivity contribution in [3.05, 3.63) is 41.5 Å². The molecule has 1 saturated carbocycles. The van der Waals surface area contributed by atoms with Gasteiger partial charge in [-0.1, -0.05) is 56.4 Å². The molecule has 0 amide bonds. The zero-order valence-electron chi connectivity index (χ0n) is 18.5. The minimum Gasteiger partial charge on any atom is -0.494 e. The van der Waals surface area contributed by atoms with Crippen molar-refractivity contribution in [3.8, 4) is 5.75 Å². The van der Waals surface area contributed by atoms with Gasteiger partial charge in [-0.15, -0.1) is 0 Å². The van der Waals surface area contributed by atoms with Crippen molar-refractivity contribution in [2.75, 3.05) is 6.61 Å². The summed E-state index contributed by atoms with van der Waals surface area (Å²) in [6, 6.07) is 9.05. The van der Waals surface area contributed by atoms with E-state index in [1.165, 1.54) is 95.5 Å². The molecule has 1 heteroatoms. The van der Waals surface area contributed by atoms with Gasteiger partial charge in [0.2, 0.25) is 0 Å².